The summed E-state index contributed by atoms with van der Waals surface area (Å²) >= 11 is 0. The molecule has 4 nitrogen and oxygen atoms in total. The van der Waals surface area contributed by atoms with Crippen molar-refractivity contribution in [2.75, 3.05) is 0 Å². The van der Waals surface area contributed by atoms with Crippen LogP contribution in [0.1, 0.15) is 0 Å². The van der Waals surface area contributed by atoms with Crippen molar-refractivity contribution in [2.24, 2.45) is 0 Å². The van der Waals surface area contributed by atoms with Crippen LogP contribution in [-0.2, 0) is 0 Å². The van der Waals surface area contributed by atoms with E-state index in [4.69, 9.17) is 5.10 Å². The smallest absolute Gasteiger partial charge is 0.101 e. The van der Waals surface area contributed by atoms with E-state index in [1.54, 1.807) is 0 Å². The van der Waals surface area contributed by atoms with Crippen LogP contribution in [0.3, 0.4) is 0 Å². The van der Waals surface area contributed by atoms with Gasteiger partial charge in [0.2, 0.25) is 0 Å². The molecule has 4 heteroatoms. The van der Waals surface area contributed by atoms with E-state index >= 15 is 0 Å². The molecule has 0 radical (unpaired) electrons. The van der Waals surface area contributed by atoms with E-state index in [-0.39, 0.29) is 0 Å². The first-order chi connectivity index (χ1) is 27.3. The lowest BCUT2D eigenvalue weighted by atomic mass is 9.90. The van der Waals surface area contributed by atoms with Crippen LogP contribution in [0, 0.1) is 0 Å². The lowest BCUT2D eigenvalue weighted by molar-refractivity contribution is 0.981. The maximum atomic E-state index is 5.52. The standard InChI is InChI=1S/C51H34N4/c1-4-16-36(17-5-1)48-49(38-18-6-2-7-19-38)54-55-50(39-20-8-3-9-21-39)47(43-22-10-11-23-44(43)51(48)55)37-28-26-35(27-29-37)40-32-41(45-24-12-14-30-52-45)34-42(33-40)46-25-13-15-31-53-46/h1-34H. The third-order valence-corrected chi connectivity index (χ3v) is 10.3. The lowest BCUT2D eigenvalue weighted by Crippen LogP contribution is -2.00. The molecule has 10 aromatic rings. The number of aromatic nitrogens is 4. The van der Waals surface area contributed by atoms with Gasteiger partial charge in [0.05, 0.1) is 22.6 Å². The summed E-state index contributed by atoms with van der Waals surface area (Å²) < 4.78 is 2.20. The normalized spacial score (nSPS) is 11.3. The van der Waals surface area contributed by atoms with Gasteiger partial charge in [-0.25, -0.2) is 4.52 Å². The van der Waals surface area contributed by atoms with Crippen LogP contribution in [0.5, 0.6) is 0 Å². The summed E-state index contributed by atoms with van der Waals surface area (Å²) in [6.07, 6.45) is 3.68. The molecule has 55 heavy (non-hydrogen) atoms. The summed E-state index contributed by atoms with van der Waals surface area (Å²) in [5.41, 5.74) is 16.0. The number of rotatable bonds is 7. The molecule has 0 spiro atoms. The molecule has 0 saturated carbocycles. The minimum absolute atomic E-state index is 0.925. The second kappa shape index (κ2) is 13.8. The molecule has 4 aromatic heterocycles. The number of hydrogen-bond acceptors (Lipinski definition) is 3. The third kappa shape index (κ3) is 5.87. The lowest BCUT2D eigenvalue weighted by Gasteiger charge is -2.18. The first-order valence-corrected chi connectivity index (χ1v) is 18.5. The first kappa shape index (κ1) is 32.2. The molecule has 258 valence electrons. The van der Waals surface area contributed by atoms with Gasteiger partial charge < -0.3 is 0 Å². The van der Waals surface area contributed by atoms with Crippen molar-refractivity contribution in [1.82, 2.24) is 19.6 Å². The average molecular weight is 703 g/mol. The van der Waals surface area contributed by atoms with Crippen molar-refractivity contribution in [3.05, 3.63) is 207 Å². The van der Waals surface area contributed by atoms with Crippen molar-refractivity contribution in [1.29, 1.82) is 0 Å². The quantitative estimate of drug-likeness (QED) is 0.166. The van der Waals surface area contributed by atoms with Crippen LogP contribution in [-0.4, -0.2) is 19.6 Å². The summed E-state index contributed by atoms with van der Waals surface area (Å²) in [6.45, 7) is 0. The Hall–Kier alpha value is -7.43. The Morgan fingerprint density at radius 2 is 0.800 bits per heavy atom. The van der Waals surface area contributed by atoms with Crippen molar-refractivity contribution < 1.29 is 0 Å². The Morgan fingerprint density at radius 3 is 1.38 bits per heavy atom. The summed E-state index contributed by atoms with van der Waals surface area (Å²) in [5, 5.41) is 7.84. The van der Waals surface area contributed by atoms with E-state index in [1.165, 1.54) is 5.39 Å². The van der Waals surface area contributed by atoms with E-state index in [9.17, 15) is 0 Å². The molecular weight excluding hydrogens is 669 g/mol. The zero-order valence-electron chi connectivity index (χ0n) is 29.9. The van der Waals surface area contributed by atoms with Crippen LogP contribution >= 0.6 is 0 Å². The van der Waals surface area contributed by atoms with Crippen molar-refractivity contribution in [2.45, 2.75) is 0 Å². The first-order valence-electron chi connectivity index (χ1n) is 18.5. The topological polar surface area (TPSA) is 43.1 Å². The third-order valence-electron chi connectivity index (χ3n) is 10.3. The van der Waals surface area contributed by atoms with E-state index in [0.29, 0.717) is 0 Å². The average Bonchev–Trinajstić information content (AvgIpc) is 3.68. The summed E-state index contributed by atoms with van der Waals surface area (Å²) in [6, 6.07) is 68.3. The highest BCUT2D eigenvalue weighted by atomic mass is 15.2. The molecular formula is C51H34N4. The van der Waals surface area contributed by atoms with Crippen LogP contribution in [0.15, 0.2) is 207 Å². The number of benzene rings is 6. The molecule has 0 saturated heterocycles. The number of hydrogen-bond donors (Lipinski definition) is 0. The summed E-state index contributed by atoms with van der Waals surface area (Å²) in [5.74, 6) is 0. The van der Waals surface area contributed by atoms with Crippen LogP contribution in [0.2, 0.25) is 0 Å². The van der Waals surface area contributed by atoms with Gasteiger partial charge in [-0.1, -0.05) is 152 Å². The maximum Gasteiger partial charge on any atom is 0.101 e. The highest BCUT2D eigenvalue weighted by molar-refractivity contribution is 6.14. The summed E-state index contributed by atoms with van der Waals surface area (Å²) in [7, 11) is 0. The van der Waals surface area contributed by atoms with Crippen molar-refractivity contribution in [3.63, 3.8) is 0 Å². The van der Waals surface area contributed by atoms with Crippen LogP contribution < -0.4 is 0 Å². The minimum Gasteiger partial charge on any atom is -0.256 e. The highest BCUT2D eigenvalue weighted by Gasteiger charge is 2.25. The van der Waals surface area contributed by atoms with Crippen LogP contribution in [0.4, 0.5) is 0 Å². The molecule has 0 fully saturated rings. The fraction of sp³-hybridized carbons (Fsp3) is 0. The van der Waals surface area contributed by atoms with Crippen molar-refractivity contribution >= 4 is 16.3 Å². The molecule has 4 heterocycles. The van der Waals surface area contributed by atoms with Crippen molar-refractivity contribution in [3.8, 4) is 78.4 Å². The molecule has 0 amide bonds. The molecule has 0 bridgehead atoms. The van der Waals surface area contributed by atoms with Gasteiger partial charge in [-0.2, -0.15) is 5.10 Å². The highest BCUT2D eigenvalue weighted by Crippen LogP contribution is 2.46. The fourth-order valence-corrected chi connectivity index (χ4v) is 7.79. The Morgan fingerprint density at radius 1 is 0.327 bits per heavy atom. The number of fused-ring (bicyclic) bond motifs is 3. The largest absolute Gasteiger partial charge is 0.256 e. The van der Waals surface area contributed by atoms with Gasteiger partial charge in [0.25, 0.3) is 0 Å². The van der Waals surface area contributed by atoms with Gasteiger partial charge >= 0.3 is 0 Å². The zero-order chi connectivity index (χ0) is 36.6. The van der Waals surface area contributed by atoms with E-state index in [0.717, 1.165) is 89.3 Å². The molecule has 10 rings (SSSR count). The second-order valence-corrected chi connectivity index (χ2v) is 13.7. The fourth-order valence-electron chi connectivity index (χ4n) is 7.79. The SMILES string of the molecule is c1ccc(-c2nn3c(-c4ccccc4)c(-c4ccc(-c5cc(-c6ccccn6)cc(-c6ccccn6)c5)cc4)c4ccccc4c3c2-c2ccccc2)cc1. The summed E-state index contributed by atoms with van der Waals surface area (Å²) in [4.78, 5) is 9.36. The maximum absolute atomic E-state index is 5.52. The Labute approximate surface area is 319 Å². The molecule has 0 aliphatic rings. The van der Waals surface area contributed by atoms with Gasteiger partial charge in [0.15, 0.2) is 0 Å². The molecule has 0 N–H and O–H groups in total. The Balaban J connectivity index is 1.22. The van der Waals surface area contributed by atoms with Gasteiger partial charge in [-0.15, -0.1) is 0 Å². The van der Waals surface area contributed by atoms with Gasteiger partial charge in [0, 0.05) is 51.2 Å². The molecule has 6 aromatic carbocycles. The van der Waals surface area contributed by atoms with Crippen LogP contribution in [0.25, 0.3) is 94.7 Å². The van der Waals surface area contributed by atoms with Gasteiger partial charge in [0.1, 0.15) is 5.69 Å². The zero-order valence-corrected chi connectivity index (χ0v) is 29.9. The molecule has 0 atom stereocenters. The molecule has 0 aliphatic carbocycles. The Bertz CT molecular complexity index is 2870. The number of pyridine rings is 3. The minimum atomic E-state index is 0.925. The molecule has 0 aliphatic heterocycles. The van der Waals surface area contributed by atoms with Gasteiger partial charge in [-0.3, -0.25) is 9.97 Å². The van der Waals surface area contributed by atoms with E-state index in [2.05, 4.69) is 184 Å². The Kier molecular flexibility index (Phi) is 8.12. The monoisotopic (exact) mass is 702 g/mol. The van der Waals surface area contributed by atoms with E-state index < -0.39 is 0 Å². The second-order valence-electron chi connectivity index (χ2n) is 13.7. The predicted molar refractivity (Wildman–Crippen MR) is 226 cm³/mol. The predicted octanol–water partition coefficient (Wildman–Crippen LogP) is 12.9. The number of nitrogens with zero attached hydrogens (tertiary/aromatic N) is 4. The van der Waals surface area contributed by atoms with E-state index in [1.807, 2.05) is 36.7 Å². The molecule has 0 unspecified atom stereocenters. The van der Waals surface area contributed by atoms with Gasteiger partial charge in [-0.05, 0) is 70.1 Å².